The molecule has 2 aromatic carbocycles. The highest BCUT2D eigenvalue weighted by molar-refractivity contribution is 6.47. The van der Waals surface area contributed by atoms with Gasteiger partial charge in [-0.15, -0.1) is 0 Å². The number of nitrogens with one attached hydrogen (secondary N) is 1. The first-order valence-corrected chi connectivity index (χ1v) is 10.9. The van der Waals surface area contributed by atoms with E-state index in [1.807, 2.05) is 54.6 Å². The summed E-state index contributed by atoms with van der Waals surface area (Å²) in [5.74, 6) is 0.111. The molecule has 1 saturated carbocycles. The first-order valence-electron chi connectivity index (χ1n) is 10.9. The number of anilines is 1. The van der Waals surface area contributed by atoms with E-state index in [0.29, 0.717) is 11.6 Å². The second kappa shape index (κ2) is 8.42. The van der Waals surface area contributed by atoms with Crippen LogP contribution in [0.4, 0.5) is 5.69 Å². The van der Waals surface area contributed by atoms with Gasteiger partial charge in [0.25, 0.3) is 5.91 Å². The smallest absolute Gasteiger partial charge is 0.275 e. The molecule has 0 saturated heterocycles. The molecular formula is C25H29N3O2. The fourth-order valence-electron chi connectivity index (χ4n) is 4.43. The number of carbonyl (C=O) groups excluding carboxylic acids is 2. The van der Waals surface area contributed by atoms with Gasteiger partial charge in [0.15, 0.2) is 0 Å². The Kier molecular flexibility index (Phi) is 5.71. The van der Waals surface area contributed by atoms with Crippen LogP contribution in [0.1, 0.15) is 63.0 Å². The number of amides is 2. The number of aliphatic imine (C=N–C) groups is 1. The van der Waals surface area contributed by atoms with Crippen LogP contribution in [0.5, 0.6) is 0 Å². The number of hydrogen-bond acceptors (Lipinski definition) is 3. The molecule has 1 fully saturated rings. The molecule has 1 aliphatic heterocycles. The molecule has 0 radical (unpaired) electrons. The van der Waals surface area contributed by atoms with Crippen LogP contribution in [0.15, 0.2) is 59.6 Å². The lowest BCUT2D eigenvalue weighted by atomic mass is 9.88. The van der Waals surface area contributed by atoms with E-state index in [1.54, 1.807) is 4.90 Å². The monoisotopic (exact) mass is 403 g/mol. The summed E-state index contributed by atoms with van der Waals surface area (Å²) in [4.78, 5) is 32.8. The maximum absolute atomic E-state index is 13.3. The summed E-state index contributed by atoms with van der Waals surface area (Å²) in [6.07, 6.45) is 4.81. The Morgan fingerprint density at radius 1 is 1.03 bits per heavy atom. The Labute approximate surface area is 178 Å². The van der Waals surface area contributed by atoms with Crippen LogP contribution in [-0.2, 0) is 9.59 Å². The molecule has 5 nitrogen and oxygen atoms in total. The van der Waals surface area contributed by atoms with Crippen molar-refractivity contribution in [2.75, 3.05) is 11.9 Å². The fourth-order valence-corrected chi connectivity index (χ4v) is 4.43. The fraction of sp³-hybridized carbons (Fsp3) is 0.400. The van der Waals surface area contributed by atoms with Crippen LogP contribution in [0, 0.1) is 0 Å². The van der Waals surface area contributed by atoms with Gasteiger partial charge in [-0.25, -0.2) is 0 Å². The van der Waals surface area contributed by atoms with Crippen molar-refractivity contribution in [2.45, 2.75) is 57.5 Å². The van der Waals surface area contributed by atoms with Gasteiger partial charge < -0.3 is 10.2 Å². The van der Waals surface area contributed by atoms with Gasteiger partial charge >= 0.3 is 0 Å². The predicted molar refractivity (Wildman–Crippen MR) is 120 cm³/mol. The van der Waals surface area contributed by atoms with Gasteiger partial charge in [-0.3, -0.25) is 14.6 Å². The molecule has 156 valence electrons. The van der Waals surface area contributed by atoms with E-state index in [-0.39, 0.29) is 18.4 Å². The van der Waals surface area contributed by atoms with Crippen molar-refractivity contribution in [3.8, 4) is 0 Å². The molecule has 0 atom stereocenters. The Balaban J connectivity index is 1.53. The van der Waals surface area contributed by atoms with Crippen LogP contribution in [-0.4, -0.2) is 34.6 Å². The summed E-state index contributed by atoms with van der Waals surface area (Å²) in [5.41, 5.74) is 2.69. The third-order valence-corrected chi connectivity index (χ3v) is 6.13. The normalized spacial score (nSPS) is 18.0. The highest BCUT2D eigenvalue weighted by Gasteiger charge is 2.48. The van der Waals surface area contributed by atoms with Crippen LogP contribution in [0.25, 0.3) is 0 Å². The van der Waals surface area contributed by atoms with Gasteiger partial charge in [0.05, 0.1) is 0 Å². The zero-order valence-corrected chi connectivity index (χ0v) is 17.7. The molecule has 0 bridgehead atoms. The van der Waals surface area contributed by atoms with Crippen molar-refractivity contribution >= 4 is 23.2 Å². The number of benzene rings is 2. The Morgan fingerprint density at radius 2 is 1.70 bits per heavy atom. The maximum Gasteiger partial charge on any atom is 0.275 e. The van der Waals surface area contributed by atoms with Crippen molar-refractivity contribution in [3.05, 3.63) is 65.7 Å². The minimum Gasteiger partial charge on any atom is -0.325 e. The molecule has 2 amide bonds. The Bertz CT molecular complexity index is 942. The average Bonchev–Trinajstić information content (AvgIpc) is 3.01. The highest BCUT2D eigenvalue weighted by Crippen LogP contribution is 2.39. The summed E-state index contributed by atoms with van der Waals surface area (Å²) in [5, 5.41) is 2.95. The topological polar surface area (TPSA) is 61.8 Å². The zero-order chi connectivity index (χ0) is 21.1. The zero-order valence-electron chi connectivity index (χ0n) is 17.7. The lowest BCUT2D eigenvalue weighted by Crippen LogP contribution is -2.51. The minimum absolute atomic E-state index is 0.0185. The summed E-state index contributed by atoms with van der Waals surface area (Å²) in [6.45, 7) is 4.30. The van der Waals surface area contributed by atoms with E-state index >= 15 is 0 Å². The van der Waals surface area contributed by atoms with Crippen molar-refractivity contribution in [1.82, 2.24) is 4.90 Å². The van der Waals surface area contributed by atoms with E-state index in [0.717, 1.165) is 43.4 Å². The van der Waals surface area contributed by atoms with Gasteiger partial charge in [-0.1, -0.05) is 62.7 Å². The van der Waals surface area contributed by atoms with E-state index in [2.05, 4.69) is 19.2 Å². The number of rotatable bonds is 5. The molecule has 0 unspecified atom stereocenters. The van der Waals surface area contributed by atoms with Crippen molar-refractivity contribution in [2.24, 2.45) is 4.99 Å². The molecule has 2 aliphatic rings. The predicted octanol–water partition coefficient (Wildman–Crippen LogP) is 4.74. The van der Waals surface area contributed by atoms with Gasteiger partial charge in [-0.2, -0.15) is 0 Å². The van der Waals surface area contributed by atoms with E-state index < -0.39 is 5.66 Å². The molecule has 30 heavy (non-hydrogen) atoms. The quantitative estimate of drug-likeness (QED) is 0.784. The molecule has 4 rings (SSSR count). The van der Waals surface area contributed by atoms with Crippen LogP contribution >= 0.6 is 0 Å². The van der Waals surface area contributed by atoms with Crippen molar-refractivity contribution in [1.29, 1.82) is 0 Å². The largest absolute Gasteiger partial charge is 0.325 e. The molecule has 1 spiro atoms. The maximum atomic E-state index is 13.3. The Hall–Kier alpha value is -2.95. The molecule has 1 N–H and O–H groups in total. The van der Waals surface area contributed by atoms with E-state index in [4.69, 9.17) is 4.99 Å². The molecule has 1 heterocycles. The first kappa shape index (κ1) is 20.3. The average molecular weight is 404 g/mol. The van der Waals surface area contributed by atoms with Gasteiger partial charge in [0.2, 0.25) is 5.91 Å². The highest BCUT2D eigenvalue weighted by atomic mass is 16.2. The van der Waals surface area contributed by atoms with Gasteiger partial charge in [0.1, 0.15) is 17.9 Å². The molecule has 0 aromatic heterocycles. The van der Waals surface area contributed by atoms with E-state index in [1.165, 1.54) is 5.56 Å². The second-order valence-electron chi connectivity index (χ2n) is 8.59. The lowest BCUT2D eigenvalue weighted by molar-refractivity contribution is -0.134. The van der Waals surface area contributed by atoms with Gasteiger partial charge in [0, 0.05) is 11.3 Å². The third kappa shape index (κ3) is 4.02. The van der Waals surface area contributed by atoms with Crippen LogP contribution in [0.2, 0.25) is 0 Å². The SMILES string of the molecule is CC(C)c1ccc(NC(=O)CN2C(=O)C(c3ccccc3)=NC23CCCCC3)cc1. The third-order valence-electron chi connectivity index (χ3n) is 6.13. The number of nitrogens with zero attached hydrogens (tertiary/aromatic N) is 2. The number of hydrogen-bond donors (Lipinski definition) is 1. The Morgan fingerprint density at radius 3 is 2.33 bits per heavy atom. The molecule has 1 aliphatic carbocycles. The molecular weight excluding hydrogens is 374 g/mol. The summed E-state index contributed by atoms with van der Waals surface area (Å²) in [6, 6.07) is 17.5. The summed E-state index contributed by atoms with van der Waals surface area (Å²) >= 11 is 0. The molecule has 5 heteroatoms. The van der Waals surface area contributed by atoms with Crippen LogP contribution in [0.3, 0.4) is 0 Å². The van der Waals surface area contributed by atoms with E-state index in [9.17, 15) is 9.59 Å². The minimum atomic E-state index is -0.584. The molecule has 2 aromatic rings. The second-order valence-corrected chi connectivity index (χ2v) is 8.59. The van der Waals surface area contributed by atoms with Crippen LogP contribution < -0.4 is 5.32 Å². The van der Waals surface area contributed by atoms with Crippen molar-refractivity contribution in [3.63, 3.8) is 0 Å². The number of carbonyl (C=O) groups is 2. The lowest BCUT2D eigenvalue weighted by Gasteiger charge is -2.38. The standard InChI is InChI=1S/C25H29N3O2/c1-18(2)19-11-13-21(14-12-19)26-22(29)17-28-24(30)23(20-9-5-3-6-10-20)27-25(28)15-7-4-8-16-25/h3,5-6,9-14,18H,4,7-8,15-17H2,1-2H3,(H,26,29). The van der Waals surface area contributed by atoms with Crippen molar-refractivity contribution < 1.29 is 9.59 Å². The van der Waals surface area contributed by atoms with Gasteiger partial charge in [-0.05, 0) is 49.3 Å². The summed E-state index contributed by atoms with van der Waals surface area (Å²) in [7, 11) is 0. The summed E-state index contributed by atoms with van der Waals surface area (Å²) < 4.78 is 0. The first-order chi connectivity index (χ1) is 14.5.